The third-order valence-electron chi connectivity index (χ3n) is 3.63. The van der Waals surface area contributed by atoms with Gasteiger partial charge in [-0.2, -0.15) is 5.10 Å². The van der Waals surface area contributed by atoms with Gasteiger partial charge in [0.15, 0.2) is 11.5 Å². The van der Waals surface area contributed by atoms with Crippen molar-refractivity contribution in [2.24, 2.45) is 0 Å². The number of carbonyl (C=O) groups is 1. The summed E-state index contributed by atoms with van der Waals surface area (Å²) in [5, 5.41) is 17.2. The topological polar surface area (TPSA) is 76.4 Å². The van der Waals surface area contributed by atoms with E-state index >= 15 is 0 Å². The largest absolute Gasteiger partial charge is 0.504 e. The zero-order valence-corrected chi connectivity index (χ0v) is 14.2. The van der Waals surface area contributed by atoms with Gasteiger partial charge >= 0.3 is 0 Å². The SMILES string of the molecule is COc1cc(CNC(=O)c2cnn(-c3ccc(Cl)cc3)c2)ccc1O. The average molecular weight is 358 g/mol. The van der Waals surface area contributed by atoms with E-state index in [0.29, 0.717) is 22.9 Å². The van der Waals surface area contributed by atoms with Gasteiger partial charge in [-0.1, -0.05) is 17.7 Å². The highest BCUT2D eigenvalue weighted by atomic mass is 35.5. The van der Waals surface area contributed by atoms with Crippen LogP contribution in [0.4, 0.5) is 0 Å². The smallest absolute Gasteiger partial charge is 0.254 e. The molecule has 0 unspecified atom stereocenters. The van der Waals surface area contributed by atoms with Crippen molar-refractivity contribution in [3.8, 4) is 17.2 Å². The minimum atomic E-state index is -0.243. The number of nitrogens with one attached hydrogen (secondary N) is 1. The van der Waals surface area contributed by atoms with Crippen molar-refractivity contribution in [2.45, 2.75) is 6.54 Å². The Morgan fingerprint density at radius 3 is 2.76 bits per heavy atom. The lowest BCUT2D eigenvalue weighted by atomic mass is 10.2. The van der Waals surface area contributed by atoms with E-state index in [-0.39, 0.29) is 11.7 Å². The second kappa shape index (κ2) is 7.27. The predicted octanol–water partition coefficient (Wildman–Crippen LogP) is 3.17. The number of rotatable bonds is 5. The summed E-state index contributed by atoms with van der Waals surface area (Å²) >= 11 is 5.87. The fourth-order valence-corrected chi connectivity index (χ4v) is 2.42. The van der Waals surface area contributed by atoms with Gasteiger partial charge in [-0.05, 0) is 42.0 Å². The van der Waals surface area contributed by atoms with E-state index in [2.05, 4.69) is 10.4 Å². The summed E-state index contributed by atoms with van der Waals surface area (Å²) in [5.41, 5.74) is 2.07. The first-order chi connectivity index (χ1) is 12.1. The van der Waals surface area contributed by atoms with Crippen LogP contribution in [-0.4, -0.2) is 27.9 Å². The normalized spacial score (nSPS) is 10.5. The molecule has 0 aliphatic heterocycles. The number of aromatic nitrogens is 2. The molecule has 3 rings (SSSR count). The summed E-state index contributed by atoms with van der Waals surface area (Å²) in [6, 6.07) is 12.1. The number of amides is 1. The summed E-state index contributed by atoms with van der Waals surface area (Å²) in [7, 11) is 1.47. The lowest BCUT2D eigenvalue weighted by Crippen LogP contribution is -2.22. The van der Waals surface area contributed by atoms with Crippen LogP contribution < -0.4 is 10.1 Å². The van der Waals surface area contributed by atoms with Crippen LogP contribution >= 0.6 is 11.6 Å². The van der Waals surface area contributed by atoms with Crippen molar-refractivity contribution in [3.63, 3.8) is 0 Å². The van der Waals surface area contributed by atoms with Gasteiger partial charge in [0, 0.05) is 17.8 Å². The Balaban J connectivity index is 1.67. The highest BCUT2D eigenvalue weighted by molar-refractivity contribution is 6.30. The minimum Gasteiger partial charge on any atom is -0.504 e. The van der Waals surface area contributed by atoms with Crippen molar-refractivity contribution in [2.75, 3.05) is 7.11 Å². The van der Waals surface area contributed by atoms with Crippen LogP contribution in [0.1, 0.15) is 15.9 Å². The van der Waals surface area contributed by atoms with Crippen LogP contribution in [-0.2, 0) is 6.54 Å². The molecule has 0 radical (unpaired) electrons. The molecule has 2 aromatic carbocycles. The fraction of sp³-hybridized carbons (Fsp3) is 0.111. The number of phenolic OH excluding ortho intramolecular Hbond substituents is 1. The van der Waals surface area contributed by atoms with E-state index in [4.69, 9.17) is 16.3 Å². The fourth-order valence-electron chi connectivity index (χ4n) is 2.29. The molecule has 0 aliphatic rings. The van der Waals surface area contributed by atoms with Crippen molar-refractivity contribution < 1.29 is 14.6 Å². The summed E-state index contributed by atoms with van der Waals surface area (Å²) in [6.45, 7) is 0.307. The van der Waals surface area contributed by atoms with Gasteiger partial charge in [-0.3, -0.25) is 4.79 Å². The van der Waals surface area contributed by atoms with E-state index in [0.717, 1.165) is 11.3 Å². The number of methoxy groups -OCH3 is 1. The number of ether oxygens (including phenoxy) is 1. The summed E-state index contributed by atoms with van der Waals surface area (Å²) in [4.78, 5) is 12.3. The Morgan fingerprint density at radius 2 is 2.04 bits per heavy atom. The first kappa shape index (κ1) is 16.9. The summed E-state index contributed by atoms with van der Waals surface area (Å²) < 4.78 is 6.66. The average Bonchev–Trinajstić information content (AvgIpc) is 3.11. The van der Waals surface area contributed by atoms with Gasteiger partial charge in [-0.25, -0.2) is 4.68 Å². The maximum absolute atomic E-state index is 12.3. The second-order valence-electron chi connectivity index (χ2n) is 5.34. The number of carbonyl (C=O) groups excluding carboxylic acids is 1. The minimum absolute atomic E-state index is 0.0572. The predicted molar refractivity (Wildman–Crippen MR) is 94.4 cm³/mol. The highest BCUT2D eigenvalue weighted by Crippen LogP contribution is 2.26. The maximum Gasteiger partial charge on any atom is 0.254 e. The van der Waals surface area contributed by atoms with E-state index in [1.165, 1.54) is 19.4 Å². The summed E-state index contributed by atoms with van der Waals surface area (Å²) in [6.07, 6.45) is 3.15. The van der Waals surface area contributed by atoms with E-state index in [1.807, 2.05) is 12.1 Å². The number of hydrogen-bond acceptors (Lipinski definition) is 4. The molecular weight excluding hydrogens is 342 g/mol. The molecule has 0 aliphatic carbocycles. The molecule has 0 fully saturated rings. The monoisotopic (exact) mass is 357 g/mol. The van der Waals surface area contributed by atoms with Crippen LogP contribution in [0.5, 0.6) is 11.5 Å². The molecular formula is C18H16ClN3O3. The number of nitrogens with zero attached hydrogens (tertiary/aromatic N) is 2. The number of aromatic hydroxyl groups is 1. The molecule has 0 saturated carbocycles. The van der Waals surface area contributed by atoms with Crippen molar-refractivity contribution in [1.82, 2.24) is 15.1 Å². The zero-order valence-electron chi connectivity index (χ0n) is 13.4. The lowest BCUT2D eigenvalue weighted by molar-refractivity contribution is 0.0951. The van der Waals surface area contributed by atoms with Crippen LogP contribution in [0.2, 0.25) is 5.02 Å². The Bertz CT molecular complexity index is 891. The van der Waals surface area contributed by atoms with E-state index < -0.39 is 0 Å². The molecule has 1 heterocycles. The van der Waals surface area contributed by atoms with E-state index in [9.17, 15) is 9.90 Å². The summed E-state index contributed by atoms with van der Waals surface area (Å²) in [5.74, 6) is 0.177. The Labute approximate surface area is 149 Å². The molecule has 1 aromatic heterocycles. The molecule has 25 heavy (non-hydrogen) atoms. The van der Waals surface area contributed by atoms with Gasteiger partial charge in [0.25, 0.3) is 5.91 Å². The van der Waals surface area contributed by atoms with Gasteiger partial charge in [0.2, 0.25) is 0 Å². The molecule has 3 aromatic rings. The number of phenols is 1. The second-order valence-corrected chi connectivity index (χ2v) is 5.78. The molecule has 0 spiro atoms. The third-order valence-corrected chi connectivity index (χ3v) is 3.89. The first-order valence-electron chi connectivity index (χ1n) is 7.51. The molecule has 0 saturated heterocycles. The molecule has 2 N–H and O–H groups in total. The molecule has 128 valence electrons. The number of hydrogen-bond donors (Lipinski definition) is 2. The Hall–Kier alpha value is -2.99. The molecule has 6 nitrogen and oxygen atoms in total. The van der Waals surface area contributed by atoms with Crippen molar-refractivity contribution in [3.05, 3.63) is 71.0 Å². The maximum atomic E-state index is 12.3. The molecule has 0 bridgehead atoms. The van der Waals surface area contributed by atoms with Gasteiger partial charge in [0.1, 0.15) is 0 Å². The highest BCUT2D eigenvalue weighted by Gasteiger charge is 2.10. The Morgan fingerprint density at radius 1 is 1.28 bits per heavy atom. The van der Waals surface area contributed by atoms with Gasteiger partial charge in [-0.15, -0.1) is 0 Å². The van der Waals surface area contributed by atoms with Crippen LogP contribution in [0.15, 0.2) is 54.9 Å². The molecule has 7 heteroatoms. The first-order valence-corrected chi connectivity index (χ1v) is 7.89. The van der Waals surface area contributed by atoms with Gasteiger partial charge < -0.3 is 15.2 Å². The molecule has 0 atom stereocenters. The number of halogens is 1. The standard InChI is InChI=1S/C18H16ClN3O3/c1-25-17-8-12(2-7-16(17)23)9-20-18(24)13-10-21-22(11-13)15-5-3-14(19)4-6-15/h2-8,10-11,23H,9H2,1H3,(H,20,24). The van der Waals surface area contributed by atoms with Gasteiger partial charge in [0.05, 0.1) is 24.6 Å². The van der Waals surface area contributed by atoms with E-state index in [1.54, 1.807) is 35.1 Å². The third kappa shape index (κ3) is 3.92. The number of benzene rings is 2. The van der Waals surface area contributed by atoms with Crippen LogP contribution in [0.25, 0.3) is 5.69 Å². The zero-order chi connectivity index (χ0) is 17.8. The lowest BCUT2D eigenvalue weighted by Gasteiger charge is -2.07. The van der Waals surface area contributed by atoms with Crippen LogP contribution in [0, 0.1) is 0 Å². The van der Waals surface area contributed by atoms with Crippen molar-refractivity contribution in [1.29, 1.82) is 0 Å². The Kier molecular flexibility index (Phi) is 4.90. The quantitative estimate of drug-likeness (QED) is 0.735. The molecule has 1 amide bonds. The van der Waals surface area contributed by atoms with Crippen molar-refractivity contribution >= 4 is 17.5 Å². The van der Waals surface area contributed by atoms with Crippen LogP contribution in [0.3, 0.4) is 0 Å².